The number of aromatic nitrogens is 1. The van der Waals surface area contributed by atoms with E-state index in [2.05, 4.69) is 24.0 Å². The van der Waals surface area contributed by atoms with Crippen molar-refractivity contribution in [2.24, 2.45) is 0 Å². The first-order valence-electron chi connectivity index (χ1n) is 6.02. The molecule has 0 unspecified atom stereocenters. The molecule has 0 saturated heterocycles. The van der Waals surface area contributed by atoms with Crippen LogP contribution in [0.4, 0.5) is 0 Å². The van der Waals surface area contributed by atoms with E-state index in [-0.39, 0.29) is 0 Å². The molecule has 0 bridgehead atoms. The average Bonchev–Trinajstić information content (AvgIpc) is 2.40. The van der Waals surface area contributed by atoms with E-state index in [4.69, 9.17) is 4.74 Å². The maximum absolute atomic E-state index is 5.57. The van der Waals surface area contributed by atoms with Crippen LogP contribution in [0.2, 0.25) is 0 Å². The number of hydrogen-bond donors (Lipinski definition) is 0. The summed E-state index contributed by atoms with van der Waals surface area (Å²) in [4.78, 5) is 4.62. The van der Waals surface area contributed by atoms with E-state index in [1.165, 1.54) is 0 Å². The van der Waals surface area contributed by atoms with Gasteiger partial charge >= 0.3 is 0 Å². The summed E-state index contributed by atoms with van der Waals surface area (Å²) in [6, 6.07) is 14.2. The molecule has 0 saturated carbocycles. The van der Waals surface area contributed by atoms with Crippen molar-refractivity contribution < 1.29 is 4.74 Å². The normalized spacial score (nSPS) is 10.2. The first-order chi connectivity index (χ1) is 8.33. The molecule has 88 valence electrons. The molecular weight excluding hydrogens is 210 g/mol. The van der Waals surface area contributed by atoms with Gasteiger partial charge in [-0.05, 0) is 13.3 Å². The van der Waals surface area contributed by atoms with Gasteiger partial charge in [0.15, 0.2) is 0 Å². The number of aryl methyl sites for hydroxylation is 1. The minimum Gasteiger partial charge on any atom is -0.494 e. The van der Waals surface area contributed by atoms with Crippen LogP contribution < -0.4 is 4.74 Å². The van der Waals surface area contributed by atoms with Gasteiger partial charge in [0, 0.05) is 23.4 Å². The number of benzene rings is 1. The van der Waals surface area contributed by atoms with Crippen LogP contribution in [0.15, 0.2) is 42.5 Å². The van der Waals surface area contributed by atoms with Gasteiger partial charge in [-0.25, -0.2) is 0 Å². The molecule has 2 heteroatoms. The molecule has 0 radical (unpaired) electrons. The van der Waals surface area contributed by atoms with Crippen LogP contribution in [-0.2, 0) is 6.42 Å². The van der Waals surface area contributed by atoms with Crippen molar-refractivity contribution in [2.45, 2.75) is 20.3 Å². The molecule has 1 aromatic heterocycles. The van der Waals surface area contributed by atoms with Crippen molar-refractivity contribution in [2.75, 3.05) is 6.61 Å². The largest absolute Gasteiger partial charge is 0.494 e. The molecule has 0 aliphatic rings. The van der Waals surface area contributed by atoms with E-state index in [0.29, 0.717) is 6.61 Å². The quantitative estimate of drug-likeness (QED) is 0.794. The standard InChI is InChI=1S/C15H17NO/c1-3-13-10-14(17-4-2)11-15(16-13)12-8-6-5-7-9-12/h5-11H,3-4H2,1-2H3. The second-order valence-corrected chi connectivity index (χ2v) is 3.83. The van der Waals surface area contributed by atoms with Crippen molar-refractivity contribution in [3.8, 4) is 17.0 Å². The molecule has 0 amide bonds. The van der Waals surface area contributed by atoms with E-state index >= 15 is 0 Å². The third kappa shape index (κ3) is 2.84. The number of ether oxygens (including phenoxy) is 1. The number of hydrogen-bond acceptors (Lipinski definition) is 2. The molecule has 17 heavy (non-hydrogen) atoms. The Hall–Kier alpha value is -1.83. The van der Waals surface area contributed by atoms with Crippen molar-refractivity contribution in [3.63, 3.8) is 0 Å². The summed E-state index contributed by atoms with van der Waals surface area (Å²) in [5, 5.41) is 0. The van der Waals surface area contributed by atoms with Gasteiger partial charge in [-0.1, -0.05) is 37.3 Å². The molecule has 2 rings (SSSR count). The van der Waals surface area contributed by atoms with Crippen LogP contribution in [0.25, 0.3) is 11.3 Å². The fourth-order valence-corrected chi connectivity index (χ4v) is 1.75. The lowest BCUT2D eigenvalue weighted by molar-refractivity contribution is 0.339. The smallest absolute Gasteiger partial charge is 0.123 e. The Labute approximate surface area is 102 Å². The zero-order valence-corrected chi connectivity index (χ0v) is 10.3. The van der Waals surface area contributed by atoms with Gasteiger partial charge < -0.3 is 4.74 Å². The lowest BCUT2D eigenvalue weighted by Gasteiger charge is -2.08. The van der Waals surface area contributed by atoms with Crippen LogP contribution >= 0.6 is 0 Å². The van der Waals surface area contributed by atoms with Gasteiger partial charge in [0.25, 0.3) is 0 Å². The fraction of sp³-hybridized carbons (Fsp3) is 0.267. The minimum atomic E-state index is 0.682. The third-order valence-electron chi connectivity index (χ3n) is 2.59. The summed E-state index contributed by atoms with van der Waals surface area (Å²) in [6.45, 7) is 4.78. The number of nitrogens with zero attached hydrogens (tertiary/aromatic N) is 1. The topological polar surface area (TPSA) is 22.1 Å². The van der Waals surface area contributed by atoms with Gasteiger partial charge in [-0.2, -0.15) is 0 Å². The van der Waals surface area contributed by atoms with Crippen LogP contribution in [0.3, 0.4) is 0 Å². The highest BCUT2D eigenvalue weighted by atomic mass is 16.5. The van der Waals surface area contributed by atoms with Crippen LogP contribution in [0, 0.1) is 0 Å². The summed E-state index contributed by atoms with van der Waals surface area (Å²) in [5.74, 6) is 0.901. The highest BCUT2D eigenvalue weighted by Gasteiger charge is 2.04. The predicted molar refractivity (Wildman–Crippen MR) is 70.2 cm³/mol. The van der Waals surface area contributed by atoms with Crippen LogP contribution in [-0.4, -0.2) is 11.6 Å². The summed E-state index contributed by atoms with van der Waals surface area (Å²) in [6.07, 6.45) is 0.917. The molecule has 2 nitrogen and oxygen atoms in total. The average molecular weight is 227 g/mol. The highest BCUT2D eigenvalue weighted by molar-refractivity contribution is 5.60. The molecule has 2 aromatic rings. The zero-order chi connectivity index (χ0) is 12.1. The Morgan fingerprint density at radius 3 is 2.47 bits per heavy atom. The second-order valence-electron chi connectivity index (χ2n) is 3.83. The number of pyridine rings is 1. The Morgan fingerprint density at radius 1 is 1.06 bits per heavy atom. The molecule has 0 N–H and O–H groups in total. The lowest BCUT2D eigenvalue weighted by atomic mass is 10.1. The minimum absolute atomic E-state index is 0.682. The van der Waals surface area contributed by atoms with Crippen LogP contribution in [0.1, 0.15) is 19.5 Å². The SMILES string of the molecule is CCOc1cc(CC)nc(-c2ccccc2)c1. The van der Waals surface area contributed by atoms with Crippen molar-refractivity contribution in [3.05, 3.63) is 48.2 Å². The Kier molecular flexibility index (Phi) is 3.76. The number of rotatable bonds is 4. The van der Waals surface area contributed by atoms with E-state index in [1.54, 1.807) is 0 Å². The van der Waals surface area contributed by atoms with E-state index in [9.17, 15) is 0 Å². The van der Waals surface area contributed by atoms with Gasteiger partial charge in [-0.15, -0.1) is 0 Å². The molecule has 0 aliphatic heterocycles. The molecule has 0 atom stereocenters. The fourth-order valence-electron chi connectivity index (χ4n) is 1.75. The molecule has 1 heterocycles. The summed E-state index contributed by atoms with van der Waals surface area (Å²) < 4.78 is 5.57. The van der Waals surface area contributed by atoms with Gasteiger partial charge in [0.2, 0.25) is 0 Å². The van der Waals surface area contributed by atoms with Gasteiger partial charge in [-0.3, -0.25) is 4.98 Å². The van der Waals surface area contributed by atoms with E-state index in [0.717, 1.165) is 29.1 Å². The van der Waals surface area contributed by atoms with Gasteiger partial charge in [0.1, 0.15) is 5.75 Å². The summed E-state index contributed by atoms with van der Waals surface area (Å²) >= 11 is 0. The maximum Gasteiger partial charge on any atom is 0.123 e. The first-order valence-corrected chi connectivity index (χ1v) is 6.02. The summed E-state index contributed by atoms with van der Waals surface area (Å²) in [5.41, 5.74) is 3.17. The molecule has 0 fully saturated rings. The zero-order valence-electron chi connectivity index (χ0n) is 10.3. The molecule has 0 aliphatic carbocycles. The Bertz CT molecular complexity index is 480. The maximum atomic E-state index is 5.57. The Morgan fingerprint density at radius 2 is 1.82 bits per heavy atom. The van der Waals surface area contributed by atoms with Crippen LogP contribution in [0.5, 0.6) is 5.75 Å². The van der Waals surface area contributed by atoms with Crippen molar-refractivity contribution >= 4 is 0 Å². The third-order valence-corrected chi connectivity index (χ3v) is 2.59. The molecule has 0 spiro atoms. The van der Waals surface area contributed by atoms with E-state index in [1.807, 2.05) is 37.3 Å². The van der Waals surface area contributed by atoms with E-state index < -0.39 is 0 Å². The predicted octanol–water partition coefficient (Wildman–Crippen LogP) is 3.71. The van der Waals surface area contributed by atoms with Gasteiger partial charge in [0.05, 0.1) is 12.3 Å². The molecular formula is C15H17NO. The second kappa shape index (κ2) is 5.48. The lowest BCUT2D eigenvalue weighted by Crippen LogP contribution is -1.96. The molecule has 1 aromatic carbocycles. The van der Waals surface area contributed by atoms with Crippen molar-refractivity contribution in [1.82, 2.24) is 4.98 Å². The van der Waals surface area contributed by atoms with Crippen molar-refractivity contribution in [1.29, 1.82) is 0 Å². The monoisotopic (exact) mass is 227 g/mol. The highest BCUT2D eigenvalue weighted by Crippen LogP contribution is 2.23. The Balaban J connectivity index is 2.43. The summed E-state index contributed by atoms with van der Waals surface area (Å²) in [7, 11) is 0. The first kappa shape index (κ1) is 11.6.